The zero-order valence-electron chi connectivity index (χ0n) is 14.2. The van der Waals surface area contributed by atoms with Gasteiger partial charge in [-0.3, -0.25) is 14.7 Å². The summed E-state index contributed by atoms with van der Waals surface area (Å²) in [4.78, 5) is 20.3. The summed E-state index contributed by atoms with van der Waals surface area (Å²) in [5.41, 5.74) is 1.18. The lowest BCUT2D eigenvalue weighted by Gasteiger charge is -2.26. The van der Waals surface area contributed by atoms with Crippen molar-refractivity contribution in [1.29, 1.82) is 0 Å². The molecule has 0 aromatic carbocycles. The smallest absolute Gasteiger partial charge is 0.221 e. The highest BCUT2D eigenvalue weighted by Gasteiger charge is 2.51. The van der Waals surface area contributed by atoms with E-state index in [1.807, 2.05) is 23.7 Å². The molecule has 2 aromatic rings. The van der Waals surface area contributed by atoms with Crippen LogP contribution in [-0.4, -0.2) is 42.1 Å². The van der Waals surface area contributed by atoms with Gasteiger partial charge in [-0.2, -0.15) is 0 Å². The van der Waals surface area contributed by atoms with Crippen molar-refractivity contribution in [2.75, 3.05) is 26.3 Å². The fourth-order valence-electron chi connectivity index (χ4n) is 4.04. The number of ether oxygens (including phenoxy) is 1. The molecule has 2 aliphatic heterocycles. The molecule has 0 aliphatic carbocycles. The second-order valence-corrected chi connectivity index (χ2v) is 8.17. The van der Waals surface area contributed by atoms with E-state index >= 15 is 0 Å². The predicted molar refractivity (Wildman–Crippen MR) is 97.0 cm³/mol. The zero-order chi connectivity index (χ0) is 17.1. The van der Waals surface area contributed by atoms with Crippen molar-refractivity contribution >= 4 is 17.2 Å². The standard InChI is InChI=1S/C19H23N3O2S/c23-18(21-9-17-4-2-6-25-17)7-19-13-22(11-16(19)12-24-14-19)10-15-3-1-5-20-8-15/h1-6,8,16H,7,9-14H2,(H,21,23)/t16-,19+/m0/s1. The van der Waals surface area contributed by atoms with Crippen molar-refractivity contribution in [3.8, 4) is 0 Å². The normalized spacial score (nSPS) is 25.8. The number of likely N-dealkylation sites (tertiary alicyclic amines) is 1. The number of hydrogen-bond donors (Lipinski definition) is 1. The number of rotatable bonds is 6. The van der Waals surface area contributed by atoms with Gasteiger partial charge in [-0.05, 0) is 23.1 Å². The van der Waals surface area contributed by atoms with Crippen LogP contribution in [0.1, 0.15) is 16.9 Å². The first-order valence-corrected chi connectivity index (χ1v) is 9.60. The molecule has 132 valence electrons. The fraction of sp³-hybridized carbons (Fsp3) is 0.474. The Kier molecular flexibility index (Phi) is 4.83. The van der Waals surface area contributed by atoms with Crippen LogP contribution in [0, 0.1) is 11.3 Å². The molecule has 6 heteroatoms. The zero-order valence-corrected chi connectivity index (χ0v) is 15.0. The highest BCUT2D eigenvalue weighted by atomic mass is 32.1. The van der Waals surface area contributed by atoms with E-state index in [9.17, 15) is 4.79 Å². The lowest BCUT2D eigenvalue weighted by molar-refractivity contribution is -0.123. The summed E-state index contributed by atoms with van der Waals surface area (Å²) in [6.45, 7) is 4.88. The molecule has 1 N–H and O–H groups in total. The van der Waals surface area contributed by atoms with Gasteiger partial charge in [0.2, 0.25) is 5.91 Å². The van der Waals surface area contributed by atoms with Gasteiger partial charge in [0, 0.05) is 54.7 Å². The maximum atomic E-state index is 12.5. The summed E-state index contributed by atoms with van der Waals surface area (Å²) < 4.78 is 5.75. The molecule has 2 aliphatic rings. The Balaban J connectivity index is 1.36. The van der Waals surface area contributed by atoms with Crippen LogP contribution in [0.15, 0.2) is 42.0 Å². The maximum Gasteiger partial charge on any atom is 0.221 e. The van der Waals surface area contributed by atoms with Gasteiger partial charge in [-0.1, -0.05) is 12.1 Å². The van der Waals surface area contributed by atoms with E-state index in [0.29, 0.717) is 25.5 Å². The number of aromatic nitrogens is 1. The summed E-state index contributed by atoms with van der Waals surface area (Å²) in [6.07, 6.45) is 4.27. The molecule has 4 rings (SSSR count). The van der Waals surface area contributed by atoms with E-state index in [4.69, 9.17) is 4.74 Å². The minimum absolute atomic E-state index is 0.0399. The van der Waals surface area contributed by atoms with Crippen molar-refractivity contribution in [2.45, 2.75) is 19.5 Å². The molecule has 2 atom stereocenters. The highest BCUT2D eigenvalue weighted by Crippen LogP contribution is 2.44. The van der Waals surface area contributed by atoms with Crippen LogP contribution in [0.4, 0.5) is 0 Å². The molecule has 2 saturated heterocycles. The summed E-state index contributed by atoms with van der Waals surface area (Å²) in [7, 11) is 0. The first-order chi connectivity index (χ1) is 12.2. The van der Waals surface area contributed by atoms with Crippen molar-refractivity contribution in [2.24, 2.45) is 11.3 Å². The van der Waals surface area contributed by atoms with Crippen molar-refractivity contribution < 1.29 is 9.53 Å². The van der Waals surface area contributed by atoms with Crippen LogP contribution in [0.25, 0.3) is 0 Å². The maximum absolute atomic E-state index is 12.5. The Morgan fingerprint density at radius 2 is 2.40 bits per heavy atom. The molecule has 5 nitrogen and oxygen atoms in total. The van der Waals surface area contributed by atoms with Crippen LogP contribution in [-0.2, 0) is 22.6 Å². The molecule has 4 heterocycles. The second kappa shape index (κ2) is 7.23. The number of pyridine rings is 1. The van der Waals surface area contributed by atoms with Gasteiger partial charge in [0.1, 0.15) is 0 Å². The molecular weight excluding hydrogens is 334 g/mol. The van der Waals surface area contributed by atoms with Gasteiger partial charge >= 0.3 is 0 Å². The van der Waals surface area contributed by atoms with Gasteiger partial charge in [0.25, 0.3) is 0 Å². The Labute approximate surface area is 152 Å². The van der Waals surface area contributed by atoms with Gasteiger partial charge in [-0.25, -0.2) is 0 Å². The molecule has 0 saturated carbocycles. The molecule has 0 bridgehead atoms. The summed E-state index contributed by atoms with van der Waals surface area (Å²) in [5, 5.41) is 5.11. The van der Waals surface area contributed by atoms with Crippen LogP contribution < -0.4 is 5.32 Å². The Bertz CT molecular complexity index is 707. The van der Waals surface area contributed by atoms with Gasteiger partial charge in [0.15, 0.2) is 0 Å². The fourth-order valence-corrected chi connectivity index (χ4v) is 4.69. The Morgan fingerprint density at radius 3 is 3.20 bits per heavy atom. The monoisotopic (exact) mass is 357 g/mol. The first-order valence-electron chi connectivity index (χ1n) is 8.72. The van der Waals surface area contributed by atoms with Crippen molar-refractivity contribution in [3.63, 3.8) is 0 Å². The second-order valence-electron chi connectivity index (χ2n) is 7.14. The number of hydrogen-bond acceptors (Lipinski definition) is 5. The number of thiophene rings is 1. The average molecular weight is 357 g/mol. The van der Waals surface area contributed by atoms with E-state index in [0.717, 1.165) is 26.2 Å². The number of nitrogens with zero attached hydrogens (tertiary/aromatic N) is 2. The minimum atomic E-state index is -0.0399. The van der Waals surface area contributed by atoms with Gasteiger partial charge in [0.05, 0.1) is 19.8 Å². The topological polar surface area (TPSA) is 54.5 Å². The van der Waals surface area contributed by atoms with E-state index < -0.39 is 0 Å². The van der Waals surface area contributed by atoms with Crippen molar-refractivity contribution in [3.05, 3.63) is 52.5 Å². The molecule has 1 amide bonds. The van der Waals surface area contributed by atoms with E-state index in [1.165, 1.54) is 10.4 Å². The number of fused-ring (bicyclic) bond motifs is 1. The average Bonchev–Trinajstić information content (AvgIpc) is 3.30. The largest absolute Gasteiger partial charge is 0.380 e. The highest BCUT2D eigenvalue weighted by molar-refractivity contribution is 7.09. The molecule has 0 unspecified atom stereocenters. The molecule has 25 heavy (non-hydrogen) atoms. The Morgan fingerprint density at radius 1 is 1.44 bits per heavy atom. The minimum Gasteiger partial charge on any atom is -0.380 e. The van der Waals surface area contributed by atoms with Crippen LogP contribution >= 0.6 is 11.3 Å². The number of carbonyl (C=O) groups excluding carboxylic acids is 1. The first kappa shape index (κ1) is 16.7. The number of nitrogens with one attached hydrogen (secondary N) is 1. The predicted octanol–water partition coefficient (Wildman–Crippen LogP) is 2.30. The third kappa shape index (κ3) is 3.76. The van der Waals surface area contributed by atoms with Gasteiger partial charge < -0.3 is 10.1 Å². The van der Waals surface area contributed by atoms with Crippen molar-refractivity contribution in [1.82, 2.24) is 15.2 Å². The Hall–Kier alpha value is -1.76. The van der Waals surface area contributed by atoms with E-state index in [1.54, 1.807) is 17.5 Å². The number of amides is 1. The van der Waals surface area contributed by atoms with E-state index in [2.05, 4.69) is 27.3 Å². The lowest BCUT2D eigenvalue weighted by atomic mass is 9.78. The molecule has 2 fully saturated rings. The third-order valence-electron chi connectivity index (χ3n) is 5.27. The summed E-state index contributed by atoms with van der Waals surface area (Å²) >= 11 is 1.67. The third-order valence-corrected chi connectivity index (χ3v) is 6.15. The van der Waals surface area contributed by atoms with Crippen LogP contribution in [0.2, 0.25) is 0 Å². The molecule has 0 spiro atoms. The van der Waals surface area contributed by atoms with E-state index in [-0.39, 0.29) is 11.3 Å². The SMILES string of the molecule is O=C(C[C@@]12COC[C@@H]1CN(Cc1cccnc1)C2)NCc1cccs1. The molecule has 2 aromatic heterocycles. The molecular formula is C19H23N3O2S. The lowest BCUT2D eigenvalue weighted by Crippen LogP contribution is -2.37. The molecule has 0 radical (unpaired) electrons. The quantitative estimate of drug-likeness (QED) is 0.862. The van der Waals surface area contributed by atoms with Crippen LogP contribution in [0.3, 0.4) is 0 Å². The van der Waals surface area contributed by atoms with Gasteiger partial charge in [-0.15, -0.1) is 11.3 Å². The van der Waals surface area contributed by atoms with Crippen LogP contribution in [0.5, 0.6) is 0 Å². The summed E-state index contributed by atoms with van der Waals surface area (Å²) in [5.74, 6) is 0.573. The summed E-state index contributed by atoms with van der Waals surface area (Å²) in [6, 6.07) is 8.15. The number of carbonyl (C=O) groups is 1.